The third-order valence-electron chi connectivity index (χ3n) is 4.65. The van der Waals surface area contributed by atoms with Gasteiger partial charge in [0.15, 0.2) is 0 Å². The molecule has 6 heteroatoms. The predicted molar refractivity (Wildman–Crippen MR) is 110 cm³/mol. The van der Waals surface area contributed by atoms with E-state index in [4.69, 9.17) is 0 Å². The maximum atomic E-state index is 13.3. The van der Waals surface area contributed by atoms with Crippen molar-refractivity contribution in [1.29, 1.82) is 0 Å². The number of carbonyl (C=O) groups is 1. The first-order valence-corrected chi connectivity index (χ1v) is 11.2. The van der Waals surface area contributed by atoms with E-state index in [-0.39, 0.29) is 35.0 Å². The Labute approximate surface area is 164 Å². The number of carboxylic acids is 1. The Morgan fingerprint density at radius 3 is 1.67 bits per heavy atom. The molecule has 2 N–H and O–H groups in total. The summed E-state index contributed by atoms with van der Waals surface area (Å²) in [5.41, 5.74) is 2.58. The van der Waals surface area contributed by atoms with E-state index in [2.05, 4.69) is 18.6 Å². The molecule has 0 bridgehead atoms. The van der Waals surface area contributed by atoms with Crippen molar-refractivity contribution in [2.75, 3.05) is 0 Å². The Bertz CT molecular complexity index is 735. The molecule has 5 nitrogen and oxygen atoms in total. The summed E-state index contributed by atoms with van der Waals surface area (Å²) in [5, 5.41) is 9.48. The van der Waals surface area contributed by atoms with Crippen molar-refractivity contribution >= 4 is 16.0 Å². The number of hydrogen-bond donors (Lipinski definition) is 2. The molecular weight excluding hydrogens is 362 g/mol. The molecule has 0 radical (unpaired) electrons. The first-order valence-electron chi connectivity index (χ1n) is 9.70. The van der Waals surface area contributed by atoms with Gasteiger partial charge < -0.3 is 5.11 Å². The molecule has 1 aromatic carbocycles. The molecule has 154 valence electrons. The predicted octanol–water partition coefficient (Wildman–Crippen LogP) is 4.83. The lowest BCUT2D eigenvalue weighted by atomic mass is 9.89. The molecule has 0 spiro atoms. The molecule has 0 amide bonds. The Morgan fingerprint density at radius 2 is 1.37 bits per heavy atom. The minimum atomic E-state index is -3.97. The number of nitrogens with one attached hydrogen (secondary N) is 1. The van der Waals surface area contributed by atoms with Gasteiger partial charge in [-0.15, -0.1) is 0 Å². The molecule has 0 unspecified atom stereocenters. The molecule has 1 aromatic rings. The van der Waals surface area contributed by atoms with Crippen molar-refractivity contribution < 1.29 is 18.3 Å². The van der Waals surface area contributed by atoms with Gasteiger partial charge in [-0.25, -0.2) is 8.42 Å². The lowest BCUT2D eigenvalue weighted by Gasteiger charge is -2.24. The van der Waals surface area contributed by atoms with Crippen LogP contribution in [-0.4, -0.2) is 25.5 Å². The highest BCUT2D eigenvalue weighted by Gasteiger charge is 2.31. The fraction of sp³-hybridized carbons (Fsp3) is 0.667. The number of aliphatic carboxylic acids is 1. The number of hydrogen-bond acceptors (Lipinski definition) is 3. The lowest BCUT2D eigenvalue weighted by Crippen LogP contribution is -2.42. The average Bonchev–Trinajstić information content (AvgIpc) is 2.51. The van der Waals surface area contributed by atoms with Gasteiger partial charge in [0.1, 0.15) is 6.04 Å². The Kier molecular flexibility index (Phi) is 8.05. The average molecular weight is 398 g/mol. The van der Waals surface area contributed by atoms with Gasteiger partial charge in [0.05, 0.1) is 4.90 Å². The van der Waals surface area contributed by atoms with E-state index in [1.807, 2.05) is 53.7 Å². The summed E-state index contributed by atoms with van der Waals surface area (Å²) in [6.07, 6.45) is 0.243. The fourth-order valence-corrected chi connectivity index (χ4v) is 5.02. The molecule has 1 rings (SSSR count). The highest BCUT2D eigenvalue weighted by Crippen LogP contribution is 2.35. The Hall–Kier alpha value is -1.40. The SMILES string of the molecule is CC(C)C[C@H](NS(=O)(=O)c1c(C(C)C)cc(C(C)C)cc1C(C)C)C(=O)O. The van der Waals surface area contributed by atoms with Crippen molar-refractivity contribution in [3.8, 4) is 0 Å². The molecule has 0 aliphatic heterocycles. The topological polar surface area (TPSA) is 83.5 Å². The molecule has 0 aromatic heterocycles. The zero-order chi connectivity index (χ0) is 21.1. The van der Waals surface area contributed by atoms with Gasteiger partial charge in [0.25, 0.3) is 0 Å². The van der Waals surface area contributed by atoms with E-state index < -0.39 is 22.0 Å². The second-order valence-electron chi connectivity index (χ2n) is 8.63. The van der Waals surface area contributed by atoms with Crippen molar-refractivity contribution in [1.82, 2.24) is 4.72 Å². The first kappa shape index (κ1) is 23.6. The van der Waals surface area contributed by atoms with E-state index in [0.29, 0.717) is 0 Å². The maximum absolute atomic E-state index is 13.3. The second kappa shape index (κ2) is 9.20. The van der Waals surface area contributed by atoms with Crippen LogP contribution in [0.25, 0.3) is 0 Å². The summed E-state index contributed by atoms with van der Waals surface area (Å²) >= 11 is 0. The third-order valence-corrected chi connectivity index (χ3v) is 6.25. The van der Waals surface area contributed by atoms with Gasteiger partial charge in [0.2, 0.25) is 10.0 Å². The highest BCUT2D eigenvalue weighted by molar-refractivity contribution is 7.89. The minimum absolute atomic E-state index is 0.00107. The molecule has 1 atom stereocenters. The van der Waals surface area contributed by atoms with Gasteiger partial charge in [-0.1, -0.05) is 67.5 Å². The van der Waals surface area contributed by atoms with Crippen LogP contribution in [0.5, 0.6) is 0 Å². The van der Waals surface area contributed by atoms with Crippen LogP contribution in [0.15, 0.2) is 17.0 Å². The summed E-state index contributed by atoms with van der Waals surface area (Å²) in [5.74, 6) is -0.811. The number of sulfonamides is 1. The van der Waals surface area contributed by atoms with Crippen LogP contribution < -0.4 is 4.72 Å². The van der Waals surface area contributed by atoms with E-state index in [9.17, 15) is 18.3 Å². The Morgan fingerprint density at radius 1 is 0.926 bits per heavy atom. The summed E-state index contributed by atoms with van der Waals surface area (Å²) in [6.45, 7) is 15.8. The van der Waals surface area contributed by atoms with Gasteiger partial charge in [-0.05, 0) is 46.8 Å². The minimum Gasteiger partial charge on any atom is -0.480 e. The summed E-state index contributed by atoms with van der Waals surface area (Å²) in [4.78, 5) is 11.8. The van der Waals surface area contributed by atoms with E-state index >= 15 is 0 Å². The van der Waals surface area contributed by atoms with Crippen LogP contribution in [0.2, 0.25) is 0 Å². The van der Waals surface area contributed by atoms with Crippen LogP contribution in [0.3, 0.4) is 0 Å². The quantitative estimate of drug-likeness (QED) is 0.625. The van der Waals surface area contributed by atoms with Crippen LogP contribution >= 0.6 is 0 Å². The number of carboxylic acid groups (broad SMARTS) is 1. The van der Waals surface area contributed by atoms with E-state index in [1.54, 1.807) is 0 Å². The molecule has 0 aliphatic carbocycles. The molecule has 0 saturated heterocycles. The third kappa shape index (κ3) is 6.04. The Balaban J connectivity index is 3.63. The lowest BCUT2D eigenvalue weighted by molar-refractivity contribution is -0.139. The summed E-state index contributed by atoms with van der Waals surface area (Å²) in [7, 11) is -3.97. The number of rotatable bonds is 9. The maximum Gasteiger partial charge on any atom is 0.321 e. The van der Waals surface area contributed by atoms with Crippen molar-refractivity contribution in [2.24, 2.45) is 5.92 Å². The van der Waals surface area contributed by atoms with Crippen molar-refractivity contribution in [3.05, 3.63) is 28.8 Å². The van der Waals surface area contributed by atoms with Gasteiger partial charge in [-0.3, -0.25) is 4.79 Å². The van der Waals surface area contributed by atoms with Gasteiger partial charge in [0, 0.05) is 0 Å². The standard InChI is InChI=1S/C21H35NO4S/c1-12(2)9-19(21(23)24)22-27(25,26)20-17(14(5)6)10-16(13(3)4)11-18(20)15(7)8/h10-15,19,22H,9H2,1-8H3,(H,23,24)/t19-/m0/s1. The monoisotopic (exact) mass is 397 g/mol. The van der Waals surface area contributed by atoms with Gasteiger partial charge in [-0.2, -0.15) is 4.72 Å². The first-order chi connectivity index (χ1) is 12.3. The largest absolute Gasteiger partial charge is 0.480 e. The van der Waals surface area contributed by atoms with E-state index in [1.165, 1.54) is 0 Å². The van der Waals surface area contributed by atoms with Crippen molar-refractivity contribution in [2.45, 2.75) is 90.5 Å². The van der Waals surface area contributed by atoms with Crippen LogP contribution in [0.4, 0.5) is 0 Å². The smallest absolute Gasteiger partial charge is 0.321 e. The summed E-state index contributed by atoms with van der Waals surface area (Å²) in [6, 6.07) is 2.77. The fourth-order valence-electron chi connectivity index (χ4n) is 3.12. The van der Waals surface area contributed by atoms with Crippen LogP contribution in [0.1, 0.15) is 96.3 Å². The molecular formula is C21H35NO4S. The van der Waals surface area contributed by atoms with Crippen LogP contribution in [0, 0.1) is 5.92 Å². The van der Waals surface area contributed by atoms with Gasteiger partial charge >= 0.3 is 5.97 Å². The molecule has 27 heavy (non-hydrogen) atoms. The zero-order valence-corrected chi connectivity index (χ0v) is 18.6. The van der Waals surface area contributed by atoms with E-state index in [0.717, 1.165) is 16.7 Å². The molecule has 0 aliphatic rings. The van der Waals surface area contributed by atoms with Crippen LogP contribution in [-0.2, 0) is 14.8 Å². The van der Waals surface area contributed by atoms with Crippen molar-refractivity contribution in [3.63, 3.8) is 0 Å². The molecule has 0 saturated carbocycles. The zero-order valence-electron chi connectivity index (χ0n) is 17.8. The molecule has 0 fully saturated rings. The summed E-state index contributed by atoms with van der Waals surface area (Å²) < 4.78 is 29.0. The number of benzene rings is 1. The highest BCUT2D eigenvalue weighted by atomic mass is 32.2. The normalized spacial score (nSPS) is 13.8. The molecule has 0 heterocycles. The second-order valence-corrected chi connectivity index (χ2v) is 10.3.